The SMILES string of the molecule is Cc1nc(Nc2ccc(Cl)cc2C)cc(C(=O)NCCCN(C)C)n1. The molecule has 0 unspecified atom stereocenters. The molecule has 6 nitrogen and oxygen atoms in total. The Labute approximate surface area is 153 Å². The van der Waals surface area contributed by atoms with Crippen molar-refractivity contribution in [3.05, 3.63) is 46.4 Å². The molecule has 2 N–H and O–H groups in total. The van der Waals surface area contributed by atoms with Crippen molar-refractivity contribution in [1.29, 1.82) is 0 Å². The fraction of sp³-hybridized carbons (Fsp3) is 0.389. The van der Waals surface area contributed by atoms with E-state index >= 15 is 0 Å². The molecule has 1 aromatic heterocycles. The molecule has 0 saturated carbocycles. The van der Waals surface area contributed by atoms with Crippen molar-refractivity contribution in [2.45, 2.75) is 20.3 Å². The predicted octanol–water partition coefficient (Wildman–Crippen LogP) is 3.17. The molecule has 0 spiro atoms. The van der Waals surface area contributed by atoms with Crippen molar-refractivity contribution in [1.82, 2.24) is 20.2 Å². The third-order valence-corrected chi connectivity index (χ3v) is 3.82. The topological polar surface area (TPSA) is 70.2 Å². The van der Waals surface area contributed by atoms with Crippen molar-refractivity contribution in [3.63, 3.8) is 0 Å². The van der Waals surface area contributed by atoms with Crippen LogP contribution in [-0.2, 0) is 0 Å². The number of nitrogens with one attached hydrogen (secondary N) is 2. The van der Waals surface area contributed by atoms with Crippen LogP contribution in [0.3, 0.4) is 0 Å². The molecule has 2 rings (SSSR count). The zero-order chi connectivity index (χ0) is 18.4. The zero-order valence-corrected chi connectivity index (χ0v) is 15.8. The number of amides is 1. The highest BCUT2D eigenvalue weighted by Gasteiger charge is 2.11. The molecular formula is C18H24ClN5O. The summed E-state index contributed by atoms with van der Waals surface area (Å²) >= 11 is 5.98. The van der Waals surface area contributed by atoms with Gasteiger partial charge in [-0.3, -0.25) is 4.79 Å². The lowest BCUT2D eigenvalue weighted by Crippen LogP contribution is -2.28. The van der Waals surface area contributed by atoms with Gasteiger partial charge in [0.15, 0.2) is 0 Å². The zero-order valence-electron chi connectivity index (χ0n) is 15.1. The van der Waals surface area contributed by atoms with Gasteiger partial charge < -0.3 is 15.5 Å². The lowest BCUT2D eigenvalue weighted by Gasteiger charge is -2.12. The Morgan fingerprint density at radius 2 is 1.96 bits per heavy atom. The molecule has 134 valence electrons. The molecule has 7 heteroatoms. The molecule has 0 aliphatic rings. The average molecular weight is 362 g/mol. The van der Waals surface area contributed by atoms with E-state index in [0.717, 1.165) is 24.2 Å². The van der Waals surface area contributed by atoms with Crippen molar-refractivity contribution >= 4 is 29.0 Å². The summed E-state index contributed by atoms with van der Waals surface area (Å²) in [6.07, 6.45) is 0.887. The fourth-order valence-corrected chi connectivity index (χ4v) is 2.57. The summed E-state index contributed by atoms with van der Waals surface area (Å²) in [5, 5.41) is 6.79. The number of carbonyl (C=O) groups excluding carboxylic acids is 1. The molecule has 0 saturated heterocycles. The van der Waals surface area contributed by atoms with Gasteiger partial charge >= 0.3 is 0 Å². The molecule has 25 heavy (non-hydrogen) atoms. The molecule has 2 aromatic rings. The van der Waals surface area contributed by atoms with Crippen molar-refractivity contribution in [3.8, 4) is 0 Å². The van der Waals surface area contributed by atoms with Gasteiger partial charge in [-0.2, -0.15) is 0 Å². The van der Waals surface area contributed by atoms with Gasteiger partial charge in [-0.15, -0.1) is 0 Å². The molecular weight excluding hydrogens is 338 g/mol. The number of hydrogen-bond donors (Lipinski definition) is 2. The first-order valence-electron chi connectivity index (χ1n) is 8.17. The number of halogens is 1. The fourth-order valence-electron chi connectivity index (χ4n) is 2.34. The molecule has 1 heterocycles. The lowest BCUT2D eigenvalue weighted by atomic mass is 10.2. The van der Waals surface area contributed by atoms with Crippen LogP contribution in [0.4, 0.5) is 11.5 Å². The van der Waals surface area contributed by atoms with Gasteiger partial charge in [0.2, 0.25) is 0 Å². The largest absolute Gasteiger partial charge is 0.351 e. The first kappa shape index (κ1) is 19.1. The molecule has 0 aliphatic heterocycles. The Morgan fingerprint density at radius 1 is 1.20 bits per heavy atom. The Kier molecular flexibility index (Phi) is 6.73. The third-order valence-electron chi connectivity index (χ3n) is 3.59. The van der Waals surface area contributed by atoms with Crippen LogP contribution in [0.25, 0.3) is 0 Å². The molecule has 0 radical (unpaired) electrons. The van der Waals surface area contributed by atoms with E-state index in [-0.39, 0.29) is 5.91 Å². The summed E-state index contributed by atoms with van der Waals surface area (Å²) < 4.78 is 0. The molecule has 0 fully saturated rings. The van der Waals surface area contributed by atoms with Crippen LogP contribution >= 0.6 is 11.6 Å². The van der Waals surface area contributed by atoms with Crippen molar-refractivity contribution in [2.75, 3.05) is 32.5 Å². The predicted molar refractivity (Wildman–Crippen MR) is 102 cm³/mol. The monoisotopic (exact) mass is 361 g/mol. The Bertz CT molecular complexity index is 748. The minimum Gasteiger partial charge on any atom is -0.351 e. The number of hydrogen-bond acceptors (Lipinski definition) is 5. The van der Waals surface area contributed by atoms with E-state index in [4.69, 9.17) is 11.6 Å². The van der Waals surface area contributed by atoms with E-state index < -0.39 is 0 Å². The summed E-state index contributed by atoms with van der Waals surface area (Å²) in [6, 6.07) is 7.22. The van der Waals surface area contributed by atoms with E-state index in [0.29, 0.717) is 28.9 Å². The van der Waals surface area contributed by atoms with Crippen LogP contribution in [0, 0.1) is 13.8 Å². The molecule has 0 atom stereocenters. The van der Waals surface area contributed by atoms with Gasteiger partial charge in [-0.1, -0.05) is 11.6 Å². The number of aromatic nitrogens is 2. The highest BCUT2D eigenvalue weighted by atomic mass is 35.5. The first-order valence-corrected chi connectivity index (χ1v) is 8.55. The van der Waals surface area contributed by atoms with Gasteiger partial charge in [-0.05, 0) is 64.7 Å². The summed E-state index contributed by atoms with van der Waals surface area (Å²) in [5.41, 5.74) is 2.24. The Morgan fingerprint density at radius 3 is 2.64 bits per heavy atom. The number of nitrogens with zero attached hydrogens (tertiary/aromatic N) is 3. The minimum absolute atomic E-state index is 0.194. The summed E-state index contributed by atoms with van der Waals surface area (Å²) in [4.78, 5) is 23.0. The van der Waals surface area contributed by atoms with Gasteiger partial charge in [0.1, 0.15) is 17.3 Å². The quantitative estimate of drug-likeness (QED) is 0.741. The second-order valence-electron chi connectivity index (χ2n) is 6.18. The number of benzene rings is 1. The molecule has 1 amide bonds. The van der Waals surface area contributed by atoms with Crippen LogP contribution in [0.15, 0.2) is 24.3 Å². The highest BCUT2D eigenvalue weighted by molar-refractivity contribution is 6.30. The van der Waals surface area contributed by atoms with Crippen molar-refractivity contribution in [2.24, 2.45) is 0 Å². The smallest absolute Gasteiger partial charge is 0.270 e. The van der Waals surface area contributed by atoms with Gasteiger partial charge in [0, 0.05) is 23.3 Å². The van der Waals surface area contributed by atoms with E-state index in [9.17, 15) is 4.79 Å². The highest BCUT2D eigenvalue weighted by Crippen LogP contribution is 2.23. The van der Waals surface area contributed by atoms with Crippen LogP contribution in [0.5, 0.6) is 0 Å². The van der Waals surface area contributed by atoms with Gasteiger partial charge in [0.05, 0.1) is 0 Å². The average Bonchev–Trinajstić information content (AvgIpc) is 2.53. The second-order valence-corrected chi connectivity index (χ2v) is 6.62. The van der Waals surface area contributed by atoms with Crippen LogP contribution in [0.1, 0.15) is 28.3 Å². The maximum atomic E-state index is 12.3. The second kappa shape index (κ2) is 8.78. The summed E-state index contributed by atoms with van der Waals surface area (Å²) in [5.74, 6) is 0.923. The number of carbonyl (C=O) groups is 1. The van der Waals surface area contributed by atoms with E-state index in [1.54, 1.807) is 13.0 Å². The van der Waals surface area contributed by atoms with Crippen LogP contribution in [-0.4, -0.2) is 48.0 Å². The van der Waals surface area contributed by atoms with E-state index in [2.05, 4.69) is 25.5 Å². The molecule has 1 aromatic carbocycles. The Balaban J connectivity index is 2.07. The molecule has 0 aliphatic carbocycles. The van der Waals surface area contributed by atoms with E-state index in [1.165, 1.54) is 0 Å². The lowest BCUT2D eigenvalue weighted by molar-refractivity contribution is 0.0947. The summed E-state index contributed by atoms with van der Waals surface area (Å²) in [6.45, 7) is 5.26. The number of aryl methyl sites for hydroxylation is 2. The summed E-state index contributed by atoms with van der Waals surface area (Å²) in [7, 11) is 4.01. The van der Waals surface area contributed by atoms with E-state index in [1.807, 2.05) is 39.2 Å². The van der Waals surface area contributed by atoms with Gasteiger partial charge in [-0.25, -0.2) is 9.97 Å². The third kappa shape index (κ3) is 5.99. The molecule has 0 bridgehead atoms. The van der Waals surface area contributed by atoms with Gasteiger partial charge in [0.25, 0.3) is 5.91 Å². The van der Waals surface area contributed by atoms with Crippen LogP contribution < -0.4 is 10.6 Å². The number of rotatable bonds is 7. The van der Waals surface area contributed by atoms with Crippen molar-refractivity contribution < 1.29 is 4.79 Å². The Hall–Kier alpha value is -2.18. The normalized spacial score (nSPS) is 10.8. The van der Waals surface area contributed by atoms with Crippen LogP contribution in [0.2, 0.25) is 5.02 Å². The minimum atomic E-state index is -0.194. The standard InChI is InChI=1S/C18H24ClN5O/c1-12-10-14(19)6-7-15(12)23-17-11-16(21-13(2)22-17)18(25)20-8-5-9-24(3)4/h6-7,10-11H,5,8-9H2,1-4H3,(H,20,25)(H,21,22,23). The maximum Gasteiger partial charge on any atom is 0.270 e. The maximum absolute atomic E-state index is 12.3. The first-order chi connectivity index (χ1) is 11.8. The number of anilines is 2.